The standard InChI is InChI=1S/C17H22ClNS/c1-5-7-19-16(17-11(2)6-8-20-17)14-9-12(3)13(4)10-15(14)18/h6,8-10,16,19H,5,7H2,1-4H3. The molecule has 2 rings (SSSR count). The minimum absolute atomic E-state index is 0.196. The van der Waals surface area contributed by atoms with Crippen molar-refractivity contribution in [3.05, 3.63) is 55.7 Å². The maximum Gasteiger partial charge on any atom is 0.0688 e. The van der Waals surface area contributed by atoms with Gasteiger partial charge in [0.2, 0.25) is 0 Å². The molecular weight excluding hydrogens is 286 g/mol. The van der Waals surface area contributed by atoms with Crippen LogP contribution in [-0.2, 0) is 0 Å². The number of rotatable bonds is 5. The SMILES string of the molecule is CCCNC(c1cc(C)c(C)cc1Cl)c1sccc1C. The zero-order valence-corrected chi connectivity index (χ0v) is 14.2. The maximum atomic E-state index is 6.51. The Kier molecular flexibility index (Phi) is 5.25. The molecule has 1 nitrogen and oxygen atoms in total. The van der Waals surface area contributed by atoms with Crippen LogP contribution in [0.15, 0.2) is 23.6 Å². The van der Waals surface area contributed by atoms with Crippen molar-refractivity contribution in [3.8, 4) is 0 Å². The summed E-state index contributed by atoms with van der Waals surface area (Å²) in [6.07, 6.45) is 1.11. The number of nitrogens with one attached hydrogen (secondary N) is 1. The van der Waals surface area contributed by atoms with E-state index in [9.17, 15) is 0 Å². The number of hydrogen-bond acceptors (Lipinski definition) is 2. The minimum atomic E-state index is 0.196. The highest BCUT2D eigenvalue weighted by Gasteiger charge is 2.20. The molecule has 0 aliphatic rings. The van der Waals surface area contributed by atoms with Gasteiger partial charge in [0.15, 0.2) is 0 Å². The molecule has 1 N–H and O–H groups in total. The van der Waals surface area contributed by atoms with Crippen molar-refractivity contribution < 1.29 is 0 Å². The van der Waals surface area contributed by atoms with Crippen LogP contribution in [0.5, 0.6) is 0 Å². The van der Waals surface area contributed by atoms with Gasteiger partial charge in [-0.25, -0.2) is 0 Å². The van der Waals surface area contributed by atoms with Crippen LogP contribution in [0.25, 0.3) is 0 Å². The lowest BCUT2D eigenvalue weighted by Crippen LogP contribution is -2.23. The van der Waals surface area contributed by atoms with Crippen LogP contribution in [0.3, 0.4) is 0 Å². The third kappa shape index (κ3) is 3.25. The summed E-state index contributed by atoms with van der Waals surface area (Å²) in [7, 11) is 0. The smallest absolute Gasteiger partial charge is 0.0688 e. The lowest BCUT2D eigenvalue weighted by molar-refractivity contribution is 0.603. The number of benzene rings is 1. The average molecular weight is 308 g/mol. The molecule has 0 fully saturated rings. The molecule has 1 unspecified atom stereocenters. The summed E-state index contributed by atoms with van der Waals surface area (Å²) in [5, 5.41) is 6.65. The first-order valence-electron chi connectivity index (χ1n) is 7.08. The number of thiophene rings is 1. The second-order valence-electron chi connectivity index (χ2n) is 5.31. The zero-order valence-electron chi connectivity index (χ0n) is 12.6. The first-order valence-corrected chi connectivity index (χ1v) is 8.34. The minimum Gasteiger partial charge on any atom is -0.306 e. The molecule has 0 saturated carbocycles. The summed E-state index contributed by atoms with van der Waals surface area (Å²) >= 11 is 8.31. The molecular formula is C17H22ClNS. The van der Waals surface area contributed by atoms with Gasteiger partial charge in [-0.3, -0.25) is 0 Å². The fourth-order valence-corrected chi connectivity index (χ4v) is 3.68. The van der Waals surface area contributed by atoms with E-state index < -0.39 is 0 Å². The Balaban J connectivity index is 2.46. The Bertz CT molecular complexity index is 589. The Morgan fingerprint density at radius 1 is 1.15 bits per heavy atom. The molecule has 20 heavy (non-hydrogen) atoms. The number of hydrogen-bond donors (Lipinski definition) is 1. The second-order valence-corrected chi connectivity index (χ2v) is 6.67. The van der Waals surface area contributed by atoms with Crippen LogP contribution in [0.2, 0.25) is 5.02 Å². The van der Waals surface area contributed by atoms with Gasteiger partial charge in [-0.05, 0) is 73.5 Å². The molecule has 2 aromatic rings. The highest BCUT2D eigenvalue weighted by Crippen LogP contribution is 2.34. The molecule has 1 aromatic carbocycles. The summed E-state index contributed by atoms with van der Waals surface area (Å²) in [4.78, 5) is 1.36. The van der Waals surface area contributed by atoms with E-state index >= 15 is 0 Å². The summed E-state index contributed by atoms with van der Waals surface area (Å²) in [6.45, 7) is 9.60. The molecule has 1 heterocycles. The van der Waals surface area contributed by atoms with Gasteiger partial charge in [0, 0.05) is 9.90 Å². The maximum absolute atomic E-state index is 6.51. The van der Waals surface area contributed by atoms with Gasteiger partial charge >= 0.3 is 0 Å². The van der Waals surface area contributed by atoms with E-state index in [0.717, 1.165) is 18.0 Å². The molecule has 0 aliphatic carbocycles. The molecule has 108 valence electrons. The molecule has 0 amide bonds. The fourth-order valence-electron chi connectivity index (χ4n) is 2.34. The average Bonchev–Trinajstić information content (AvgIpc) is 2.82. The topological polar surface area (TPSA) is 12.0 Å². The Hall–Kier alpha value is -0.830. The predicted octanol–water partition coefficient (Wildman–Crippen LogP) is 5.42. The fraction of sp³-hybridized carbons (Fsp3) is 0.412. The van der Waals surface area contributed by atoms with Gasteiger partial charge in [0.05, 0.1) is 6.04 Å². The van der Waals surface area contributed by atoms with Crippen molar-refractivity contribution in [2.45, 2.75) is 40.2 Å². The molecule has 0 radical (unpaired) electrons. The van der Waals surface area contributed by atoms with E-state index in [1.165, 1.54) is 27.1 Å². The number of aryl methyl sites for hydroxylation is 3. The van der Waals surface area contributed by atoms with Crippen LogP contribution in [0.1, 0.15) is 46.5 Å². The third-order valence-electron chi connectivity index (χ3n) is 3.69. The van der Waals surface area contributed by atoms with Gasteiger partial charge in [-0.15, -0.1) is 11.3 Å². The molecule has 1 aromatic heterocycles. The summed E-state index contributed by atoms with van der Waals surface area (Å²) in [6, 6.07) is 6.68. The monoisotopic (exact) mass is 307 g/mol. The highest BCUT2D eigenvalue weighted by atomic mass is 35.5. The predicted molar refractivity (Wildman–Crippen MR) is 90.1 cm³/mol. The zero-order chi connectivity index (χ0) is 14.7. The van der Waals surface area contributed by atoms with E-state index in [1.54, 1.807) is 11.3 Å². The Morgan fingerprint density at radius 2 is 1.85 bits per heavy atom. The largest absolute Gasteiger partial charge is 0.306 e. The molecule has 1 atom stereocenters. The Morgan fingerprint density at radius 3 is 2.45 bits per heavy atom. The molecule has 3 heteroatoms. The van der Waals surface area contributed by atoms with E-state index in [2.05, 4.69) is 56.6 Å². The molecule has 0 bridgehead atoms. The van der Waals surface area contributed by atoms with Crippen LogP contribution in [0.4, 0.5) is 0 Å². The quantitative estimate of drug-likeness (QED) is 0.778. The van der Waals surface area contributed by atoms with Crippen LogP contribution in [-0.4, -0.2) is 6.54 Å². The lowest BCUT2D eigenvalue weighted by atomic mass is 9.98. The normalized spacial score (nSPS) is 12.7. The van der Waals surface area contributed by atoms with Crippen molar-refractivity contribution >= 4 is 22.9 Å². The highest BCUT2D eigenvalue weighted by molar-refractivity contribution is 7.10. The summed E-state index contributed by atoms with van der Waals surface area (Å²) in [5.74, 6) is 0. The number of halogens is 1. The van der Waals surface area contributed by atoms with E-state index in [0.29, 0.717) is 0 Å². The summed E-state index contributed by atoms with van der Waals surface area (Å²) < 4.78 is 0. The lowest BCUT2D eigenvalue weighted by Gasteiger charge is -2.21. The summed E-state index contributed by atoms with van der Waals surface area (Å²) in [5.41, 5.74) is 5.06. The molecule has 0 aliphatic heterocycles. The molecule has 0 spiro atoms. The van der Waals surface area contributed by atoms with Crippen LogP contribution < -0.4 is 5.32 Å². The first kappa shape index (κ1) is 15.6. The van der Waals surface area contributed by atoms with Gasteiger partial charge in [-0.1, -0.05) is 24.6 Å². The van der Waals surface area contributed by atoms with Crippen molar-refractivity contribution in [1.29, 1.82) is 0 Å². The molecule has 0 saturated heterocycles. The van der Waals surface area contributed by atoms with Gasteiger partial charge in [0.25, 0.3) is 0 Å². The van der Waals surface area contributed by atoms with Gasteiger partial charge in [-0.2, -0.15) is 0 Å². The van der Waals surface area contributed by atoms with Crippen LogP contribution >= 0.6 is 22.9 Å². The third-order valence-corrected chi connectivity index (χ3v) is 5.10. The van der Waals surface area contributed by atoms with Crippen LogP contribution in [0, 0.1) is 20.8 Å². The van der Waals surface area contributed by atoms with Gasteiger partial charge in [0.1, 0.15) is 0 Å². The van der Waals surface area contributed by atoms with Crippen molar-refractivity contribution in [2.24, 2.45) is 0 Å². The van der Waals surface area contributed by atoms with E-state index in [4.69, 9.17) is 11.6 Å². The van der Waals surface area contributed by atoms with Crippen molar-refractivity contribution in [3.63, 3.8) is 0 Å². The Labute approximate surface area is 131 Å². The first-order chi connectivity index (χ1) is 9.54. The van der Waals surface area contributed by atoms with Crippen molar-refractivity contribution in [2.75, 3.05) is 6.54 Å². The second kappa shape index (κ2) is 6.75. The van der Waals surface area contributed by atoms with E-state index in [1.807, 2.05) is 0 Å². The van der Waals surface area contributed by atoms with Crippen molar-refractivity contribution in [1.82, 2.24) is 5.32 Å². The van der Waals surface area contributed by atoms with E-state index in [-0.39, 0.29) is 6.04 Å². The van der Waals surface area contributed by atoms with Gasteiger partial charge < -0.3 is 5.32 Å².